The number of aliphatic hydroxyl groups excluding tert-OH is 1. The second kappa shape index (κ2) is 4.31. The molecule has 1 aromatic rings. The van der Waals surface area contributed by atoms with Gasteiger partial charge in [0.2, 0.25) is 0 Å². The van der Waals surface area contributed by atoms with E-state index in [1.54, 1.807) is 0 Å². The summed E-state index contributed by atoms with van der Waals surface area (Å²) in [4.78, 5) is 2.05. The average molecular weight is 206 g/mol. The zero-order valence-corrected chi connectivity index (χ0v) is 9.33. The van der Waals surface area contributed by atoms with Crippen molar-refractivity contribution in [1.82, 2.24) is 10.2 Å². The lowest BCUT2D eigenvalue weighted by Crippen LogP contribution is -2.23. The van der Waals surface area contributed by atoms with Crippen LogP contribution < -0.4 is 5.32 Å². The Balaban J connectivity index is 2.28. The standard InChI is InChI=1S/C12H18N2O/c1-14(2)12(8-15)9-3-4-10-6-13-7-11(10)5-9/h3-5,12-13,15H,6-8H2,1-2H3. The van der Waals surface area contributed by atoms with Crippen molar-refractivity contribution in [3.63, 3.8) is 0 Å². The van der Waals surface area contributed by atoms with Crippen molar-refractivity contribution in [2.24, 2.45) is 0 Å². The predicted octanol–water partition coefficient (Wildman–Crippen LogP) is 0.885. The monoisotopic (exact) mass is 206 g/mol. The number of rotatable bonds is 3. The summed E-state index contributed by atoms with van der Waals surface area (Å²) in [6.45, 7) is 2.09. The SMILES string of the molecule is CN(C)C(CO)c1ccc2c(c1)CNC2. The molecule has 0 fully saturated rings. The van der Waals surface area contributed by atoms with Gasteiger partial charge in [-0.05, 0) is 30.8 Å². The van der Waals surface area contributed by atoms with E-state index >= 15 is 0 Å². The van der Waals surface area contributed by atoms with E-state index in [0.29, 0.717) is 0 Å². The van der Waals surface area contributed by atoms with Crippen LogP contribution in [-0.2, 0) is 13.1 Å². The van der Waals surface area contributed by atoms with Gasteiger partial charge in [0.05, 0.1) is 12.6 Å². The molecule has 0 spiro atoms. The summed E-state index contributed by atoms with van der Waals surface area (Å²) >= 11 is 0. The molecule has 2 rings (SSSR count). The van der Waals surface area contributed by atoms with Crippen LogP contribution in [0.2, 0.25) is 0 Å². The smallest absolute Gasteiger partial charge is 0.0628 e. The van der Waals surface area contributed by atoms with E-state index in [4.69, 9.17) is 0 Å². The second-order valence-electron chi connectivity index (χ2n) is 4.29. The molecule has 82 valence electrons. The Morgan fingerprint density at radius 1 is 1.33 bits per heavy atom. The van der Waals surface area contributed by atoms with E-state index in [-0.39, 0.29) is 12.6 Å². The molecule has 1 aromatic carbocycles. The molecule has 15 heavy (non-hydrogen) atoms. The third-order valence-electron chi connectivity index (χ3n) is 3.04. The highest BCUT2D eigenvalue weighted by Gasteiger charge is 2.16. The molecule has 0 aromatic heterocycles. The van der Waals surface area contributed by atoms with Gasteiger partial charge >= 0.3 is 0 Å². The fraction of sp³-hybridized carbons (Fsp3) is 0.500. The van der Waals surface area contributed by atoms with Gasteiger partial charge in [0.25, 0.3) is 0 Å². The quantitative estimate of drug-likeness (QED) is 0.771. The van der Waals surface area contributed by atoms with Crippen LogP contribution in [0.15, 0.2) is 18.2 Å². The third-order valence-corrected chi connectivity index (χ3v) is 3.04. The van der Waals surface area contributed by atoms with Gasteiger partial charge in [-0.2, -0.15) is 0 Å². The van der Waals surface area contributed by atoms with Crippen LogP contribution in [0, 0.1) is 0 Å². The topological polar surface area (TPSA) is 35.5 Å². The first-order valence-corrected chi connectivity index (χ1v) is 5.32. The minimum absolute atomic E-state index is 0.107. The molecule has 3 nitrogen and oxygen atoms in total. The van der Waals surface area contributed by atoms with Crippen molar-refractivity contribution in [3.05, 3.63) is 34.9 Å². The maximum Gasteiger partial charge on any atom is 0.0628 e. The van der Waals surface area contributed by atoms with Gasteiger partial charge in [-0.25, -0.2) is 0 Å². The van der Waals surface area contributed by atoms with Crippen molar-refractivity contribution in [2.75, 3.05) is 20.7 Å². The van der Waals surface area contributed by atoms with Crippen LogP contribution in [0.5, 0.6) is 0 Å². The molecule has 0 saturated heterocycles. The summed E-state index contributed by atoms with van der Waals surface area (Å²) in [6, 6.07) is 6.59. The Hall–Kier alpha value is -0.900. The summed E-state index contributed by atoms with van der Waals surface area (Å²) in [5, 5.41) is 12.7. The summed E-state index contributed by atoms with van der Waals surface area (Å²) in [5.41, 5.74) is 3.95. The Kier molecular flexibility index (Phi) is 3.05. The zero-order chi connectivity index (χ0) is 10.8. The lowest BCUT2D eigenvalue weighted by atomic mass is 10.0. The Morgan fingerprint density at radius 2 is 2.07 bits per heavy atom. The number of hydrogen-bond acceptors (Lipinski definition) is 3. The molecule has 2 N–H and O–H groups in total. The summed E-state index contributed by atoms with van der Waals surface area (Å²) in [7, 11) is 3.98. The fourth-order valence-corrected chi connectivity index (χ4v) is 2.09. The highest BCUT2D eigenvalue weighted by molar-refractivity contribution is 5.35. The van der Waals surface area contributed by atoms with Gasteiger partial charge in [0.15, 0.2) is 0 Å². The maximum absolute atomic E-state index is 9.34. The van der Waals surface area contributed by atoms with E-state index in [1.807, 2.05) is 19.0 Å². The molecular weight excluding hydrogens is 188 g/mol. The molecule has 0 aliphatic carbocycles. The van der Waals surface area contributed by atoms with E-state index < -0.39 is 0 Å². The van der Waals surface area contributed by atoms with E-state index in [1.165, 1.54) is 16.7 Å². The molecule has 1 aliphatic rings. The molecule has 1 atom stereocenters. The Labute approximate surface area is 90.7 Å². The number of fused-ring (bicyclic) bond motifs is 1. The molecule has 1 heterocycles. The number of hydrogen-bond donors (Lipinski definition) is 2. The van der Waals surface area contributed by atoms with Gasteiger partial charge in [-0.3, -0.25) is 0 Å². The van der Waals surface area contributed by atoms with Crippen LogP contribution >= 0.6 is 0 Å². The van der Waals surface area contributed by atoms with Crippen LogP contribution in [-0.4, -0.2) is 30.7 Å². The molecule has 0 bridgehead atoms. The lowest BCUT2D eigenvalue weighted by Gasteiger charge is -2.23. The van der Waals surface area contributed by atoms with Crippen molar-refractivity contribution < 1.29 is 5.11 Å². The van der Waals surface area contributed by atoms with E-state index in [2.05, 4.69) is 23.5 Å². The highest BCUT2D eigenvalue weighted by Crippen LogP contribution is 2.23. The molecule has 1 unspecified atom stereocenters. The molecule has 0 radical (unpaired) electrons. The zero-order valence-electron chi connectivity index (χ0n) is 9.33. The molecule has 0 saturated carbocycles. The number of likely N-dealkylation sites (N-methyl/N-ethyl adjacent to an activating group) is 1. The number of nitrogens with zero attached hydrogens (tertiary/aromatic N) is 1. The number of nitrogens with one attached hydrogen (secondary N) is 1. The summed E-state index contributed by atoms with van der Waals surface area (Å²) in [6.07, 6.45) is 0. The summed E-state index contributed by atoms with van der Waals surface area (Å²) in [5.74, 6) is 0. The molecular formula is C12H18N2O. The predicted molar refractivity (Wildman–Crippen MR) is 60.5 cm³/mol. The van der Waals surface area contributed by atoms with Gasteiger partial charge < -0.3 is 15.3 Å². The highest BCUT2D eigenvalue weighted by atomic mass is 16.3. The first-order chi connectivity index (χ1) is 7.22. The van der Waals surface area contributed by atoms with Crippen molar-refractivity contribution >= 4 is 0 Å². The Morgan fingerprint density at radius 3 is 2.73 bits per heavy atom. The Bertz CT molecular complexity index is 349. The van der Waals surface area contributed by atoms with Gasteiger partial charge in [0, 0.05) is 13.1 Å². The second-order valence-corrected chi connectivity index (χ2v) is 4.29. The minimum Gasteiger partial charge on any atom is -0.394 e. The number of aliphatic hydroxyl groups is 1. The van der Waals surface area contributed by atoms with E-state index in [9.17, 15) is 5.11 Å². The average Bonchev–Trinajstić information content (AvgIpc) is 2.65. The fourth-order valence-electron chi connectivity index (χ4n) is 2.09. The largest absolute Gasteiger partial charge is 0.394 e. The van der Waals surface area contributed by atoms with E-state index in [0.717, 1.165) is 13.1 Å². The maximum atomic E-state index is 9.34. The first kappa shape index (κ1) is 10.6. The van der Waals surface area contributed by atoms with Crippen LogP contribution in [0.1, 0.15) is 22.7 Å². The van der Waals surface area contributed by atoms with Crippen LogP contribution in [0.4, 0.5) is 0 Å². The van der Waals surface area contributed by atoms with Crippen LogP contribution in [0.3, 0.4) is 0 Å². The molecule has 0 amide bonds. The first-order valence-electron chi connectivity index (χ1n) is 5.32. The van der Waals surface area contributed by atoms with Gasteiger partial charge in [-0.15, -0.1) is 0 Å². The normalized spacial score (nSPS) is 16.8. The van der Waals surface area contributed by atoms with Crippen molar-refractivity contribution in [1.29, 1.82) is 0 Å². The number of benzene rings is 1. The molecule has 1 aliphatic heterocycles. The minimum atomic E-state index is 0.107. The lowest BCUT2D eigenvalue weighted by molar-refractivity contribution is 0.171. The van der Waals surface area contributed by atoms with Crippen molar-refractivity contribution in [2.45, 2.75) is 19.1 Å². The molecule has 3 heteroatoms. The van der Waals surface area contributed by atoms with Crippen molar-refractivity contribution in [3.8, 4) is 0 Å². The van der Waals surface area contributed by atoms with Gasteiger partial charge in [0.1, 0.15) is 0 Å². The van der Waals surface area contributed by atoms with Crippen LogP contribution in [0.25, 0.3) is 0 Å². The summed E-state index contributed by atoms with van der Waals surface area (Å²) < 4.78 is 0. The third kappa shape index (κ3) is 2.04. The van der Waals surface area contributed by atoms with Gasteiger partial charge in [-0.1, -0.05) is 18.2 Å².